The van der Waals surface area contributed by atoms with Gasteiger partial charge in [0.25, 0.3) is 0 Å². The second kappa shape index (κ2) is 8.49. The van der Waals surface area contributed by atoms with Gasteiger partial charge in [0.1, 0.15) is 0 Å². The number of benzene rings is 1. The number of aromatic nitrogens is 3. The molecule has 1 aromatic carbocycles. The van der Waals surface area contributed by atoms with Crippen molar-refractivity contribution in [2.24, 2.45) is 7.05 Å². The van der Waals surface area contributed by atoms with E-state index in [0.717, 1.165) is 10.9 Å². The molecule has 8 heteroatoms. The second-order valence-corrected chi connectivity index (χ2v) is 5.03. The van der Waals surface area contributed by atoms with Gasteiger partial charge in [-0.05, 0) is 18.4 Å². The van der Waals surface area contributed by atoms with Gasteiger partial charge < -0.3 is 14.7 Å². The van der Waals surface area contributed by atoms with Crippen molar-refractivity contribution in [2.45, 2.75) is 6.92 Å². The maximum absolute atomic E-state index is 12.2. The minimum absolute atomic E-state index is 0. The Balaban J connectivity index is 0.00000225. The molecule has 0 spiro atoms. The third-order valence-electron chi connectivity index (χ3n) is 3.42. The van der Waals surface area contributed by atoms with Crippen molar-refractivity contribution in [2.75, 3.05) is 6.61 Å². The number of hydrogen-bond acceptors (Lipinski definition) is 4. The number of carbonyl (C=O) groups excluding carboxylic acids is 1. The van der Waals surface area contributed by atoms with Crippen LogP contribution in [0.2, 0.25) is 0 Å². The van der Waals surface area contributed by atoms with Crippen molar-refractivity contribution >= 4 is 28.3 Å². The summed E-state index contributed by atoms with van der Waals surface area (Å²) in [5, 5.41) is 3.77. The molecular formula is C17H17N5O2Zn+2. The smallest absolute Gasteiger partial charge is 0.458 e. The van der Waals surface area contributed by atoms with Crippen molar-refractivity contribution < 1.29 is 34.1 Å². The van der Waals surface area contributed by atoms with Crippen molar-refractivity contribution in [1.29, 1.82) is 0 Å². The Morgan fingerprint density at radius 1 is 1.24 bits per heavy atom. The summed E-state index contributed by atoms with van der Waals surface area (Å²) in [5.74, 6) is -0.0610. The molecule has 25 heavy (non-hydrogen) atoms. The Kier molecular flexibility index (Phi) is 6.36. The third-order valence-corrected chi connectivity index (χ3v) is 3.42. The fourth-order valence-corrected chi connectivity index (χ4v) is 2.29. The number of nitrogens with zero attached hydrogens (tertiary/aromatic N) is 4. The van der Waals surface area contributed by atoms with Crippen LogP contribution < -0.4 is 5.10 Å². The van der Waals surface area contributed by atoms with Crippen LogP contribution in [0.4, 0.5) is 5.69 Å². The zero-order chi connectivity index (χ0) is 16.9. The minimum atomic E-state index is -0.510. The summed E-state index contributed by atoms with van der Waals surface area (Å²) in [5.41, 5.74) is 5.88. The van der Waals surface area contributed by atoms with Crippen molar-refractivity contribution in [3.8, 4) is 0 Å². The molecule has 1 N–H and O–H groups in total. The van der Waals surface area contributed by atoms with E-state index in [9.17, 15) is 4.79 Å². The van der Waals surface area contributed by atoms with E-state index in [-0.39, 0.29) is 31.8 Å². The van der Waals surface area contributed by atoms with E-state index in [1.807, 2.05) is 30.3 Å². The number of ether oxygens (including phenoxy) is 1. The molecule has 3 aromatic rings. The summed E-state index contributed by atoms with van der Waals surface area (Å²) < 4.78 is 6.81. The monoisotopic (exact) mass is 387 g/mol. The molecule has 3 rings (SSSR count). The molecule has 122 valence electrons. The van der Waals surface area contributed by atoms with Crippen LogP contribution in [-0.2, 0) is 36.1 Å². The fraction of sp³-hybridized carbons (Fsp3) is 0.176. The number of imidazole rings is 1. The van der Waals surface area contributed by atoms with Crippen LogP contribution in [0, 0.1) is 0 Å². The number of pyridine rings is 1. The predicted molar refractivity (Wildman–Crippen MR) is 89.7 cm³/mol. The molecule has 0 aliphatic rings. The van der Waals surface area contributed by atoms with Crippen LogP contribution in [-0.4, -0.2) is 32.8 Å². The van der Waals surface area contributed by atoms with E-state index in [0.29, 0.717) is 11.5 Å². The first kappa shape index (κ1) is 18.7. The maximum Gasteiger partial charge on any atom is 2.00 e. The quantitative estimate of drug-likeness (QED) is 0.306. The van der Waals surface area contributed by atoms with Crippen LogP contribution in [0.25, 0.3) is 16.3 Å². The Bertz CT molecular complexity index is 901. The number of aryl methyl sites for hydroxylation is 1. The molecule has 0 aliphatic heterocycles. The van der Waals surface area contributed by atoms with Gasteiger partial charge in [0, 0.05) is 25.6 Å². The number of para-hydroxylation sites is 1. The Morgan fingerprint density at radius 3 is 2.76 bits per heavy atom. The summed E-state index contributed by atoms with van der Waals surface area (Å²) in [6.45, 7) is 2.02. The SMILES string of the molecule is CCOC(=O)/C(=[NH+]\[N-]c1cccc2cccnc12)c1nccn1C.[Zn+2]. The maximum atomic E-state index is 12.2. The topological polar surface area (TPSA) is 85.1 Å². The Hall–Kier alpha value is -2.60. The summed E-state index contributed by atoms with van der Waals surface area (Å²) >= 11 is 0. The van der Waals surface area contributed by atoms with E-state index in [4.69, 9.17) is 4.74 Å². The van der Waals surface area contributed by atoms with Crippen LogP contribution in [0.3, 0.4) is 0 Å². The zero-order valence-corrected chi connectivity index (χ0v) is 17.1. The number of fused-ring (bicyclic) bond motifs is 1. The van der Waals surface area contributed by atoms with E-state index in [1.54, 1.807) is 37.1 Å². The van der Waals surface area contributed by atoms with Gasteiger partial charge in [-0.2, -0.15) is 0 Å². The molecule has 0 saturated heterocycles. The van der Waals surface area contributed by atoms with Crippen molar-refractivity contribution in [3.05, 3.63) is 60.2 Å². The third kappa shape index (κ3) is 4.09. The van der Waals surface area contributed by atoms with Gasteiger partial charge in [-0.15, -0.1) is 0 Å². The summed E-state index contributed by atoms with van der Waals surface area (Å²) in [6.07, 6.45) is 5.06. The standard InChI is InChI=1S/C17H17N5O2.Zn/c1-3-24-17(23)15(16-19-10-11-22(16)2)21-20-13-8-4-6-12-7-5-9-18-14(12)13;/h4-11H,3H2,1-2H3,(H-,19,20,21,23);/q;+2. The molecule has 0 radical (unpaired) electrons. The van der Waals surface area contributed by atoms with Gasteiger partial charge in [0.05, 0.1) is 12.1 Å². The summed E-state index contributed by atoms with van der Waals surface area (Å²) in [7, 11) is 1.79. The van der Waals surface area contributed by atoms with E-state index < -0.39 is 5.97 Å². The number of carbonyl (C=O) groups is 1. The number of esters is 1. The molecule has 0 bridgehead atoms. The number of hydrogen-bond donors (Lipinski definition) is 1. The van der Waals surface area contributed by atoms with Gasteiger partial charge >= 0.3 is 31.2 Å². The van der Waals surface area contributed by atoms with Crippen molar-refractivity contribution in [3.63, 3.8) is 0 Å². The summed E-state index contributed by atoms with van der Waals surface area (Å²) in [4.78, 5) is 20.7. The Morgan fingerprint density at radius 2 is 2.04 bits per heavy atom. The molecule has 0 aliphatic carbocycles. The van der Waals surface area contributed by atoms with Crippen LogP contribution in [0.1, 0.15) is 12.7 Å². The van der Waals surface area contributed by atoms with Gasteiger partial charge in [0.15, 0.2) is 0 Å². The van der Waals surface area contributed by atoms with Crippen LogP contribution in [0.5, 0.6) is 0 Å². The van der Waals surface area contributed by atoms with Gasteiger partial charge in [-0.25, -0.2) is 9.78 Å². The largest absolute Gasteiger partial charge is 2.00 e. The first-order valence-electron chi connectivity index (χ1n) is 7.53. The first-order chi connectivity index (χ1) is 11.7. The Labute approximate surface area is 157 Å². The molecule has 0 fully saturated rings. The molecule has 0 atom stereocenters. The number of nitrogens with one attached hydrogen (secondary N) is 1. The average molecular weight is 389 g/mol. The second-order valence-electron chi connectivity index (χ2n) is 5.03. The fourth-order valence-electron chi connectivity index (χ4n) is 2.29. The van der Waals surface area contributed by atoms with E-state index in [1.165, 1.54) is 0 Å². The zero-order valence-electron chi connectivity index (χ0n) is 14.1. The van der Waals surface area contributed by atoms with Gasteiger partial charge in [0.2, 0.25) is 5.82 Å². The number of rotatable bonds is 5. The van der Waals surface area contributed by atoms with Crippen LogP contribution >= 0.6 is 0 Å². The normalized spacial score (nSPS) is 11.0. The van der Waals surface area contributed by atoms with Crippen molar-refractivity contribution in [1.82, 2.24) is 14.5 Å². The molecular weight excluding hydrogens is 372 g/mol. The van der Waals surface area contributed by atoms with Crippen LogP contribution in [0.15, 0.2) is 48.9 Å². The molecule has 2 heterocycles. The predicted octanol–water partition coefficient (Wildman–Crippen LogP) is 1.02. The summed E-state index contributed by atoms with van der Waals surface area (Å²) in [6, 6.07) is 9.48. The molecule has 7 nitrogen and oxygen atoms in total. The molecule has 2 aromatic heterocycles. The van der Waals surface area contributed by atoms with E-state index in [2.05, 4.69) is 20.5 Å². The first-order valence-corrected chi connectivity index (χ1v) is 7.53. The molecule has 0 amide bonds. The van der Waals surface area contributed by atoms with E-state index >= 15 is 0 Å². The van der Waals surface area contributed by atoms with Gasteiger partial charge in [-0.1, -0.05) is 30.0 Å². The van der Waals surface area contributed by atoms with Gasteiger partial charge in [-0.3, -0.25) is 10.1 Å². The average Bonchev–Trinajstić information content (AvgIpc) is 3.01. The molecule has 0 saturated carbocycles. The minimum Gasteiger partial charge on any atom is -0.458 e. The molecule has 0 unspecified atom stereocenters.